The Hall–Kier alpha value is -2.40. The highest BCUT2D eigenvalue weighted by atomic mass is 32.2. The van der Waals surface area contributed by atoms with Crippen LogP contribution in [0.1, 0.15) is 24.7 Å². The molecule has 2 saturated heterocycles. The first-order valence-electron chi connectivity index (χ1n) is 8.75. The first-order chi connectivity index (χ1) is 12.9. The summed E-state index contributed by atoms with van der Waals surface area (Å²) in [5, 5.41) is 3.93. The molecule has 144 valence electrons. The first-order valence-corrected chi connectivity index (χ1v) is 10.6. The molecular formula is C16H20N6O4S. The minimum absolute atomic E-state index is 0.0166. The summed E-state index contributed by atoms with van der Waals surface area (Å²) in [4.78, 5) is 26.9. The first kappa shape index (κ1) is 18.0. The summed E-state index contributed by atoms with van der Waals surface area (Å²) in [7, 11) is -3.18. The van der Waals surface area contributed by atoms with Gasteiger partial charge in [-0.25, -0.2) is 17.7 Å². The Bertz CT molecular complexity index is 917. The van der Waals surface area contributed by atoms with Gasteiger partial charge in [0.1, 0.15) is 5.69 Å². The van der Waals surface area contributed by atoms with E-state index in [1.807, 2.05) is 0 Å². The van der Waals surface area contributed by atoms with Crippen molar-refractivity contribution in [1.82, 2.24) is 29.3 Å². The summed E-state index contributed by atoms with van der Waals surface area (Å²) in [5.41, 5.74) is 0.539. The van der Waals surface area contributed by atoms with Crippen LogP contribution in [0.4, 0.5) is 0 Å². The Labute approximate surface area is 156 Å². The van der Waals surface area contributed by atoms with E-state index in [9.17, 15) is 13.2 Å². The normalized spacial score (nSPS) is 19.8. The second-order valence-corrected chi connectivity index (χ2v) is 8.91. The minimum Gasteiger partial charge on any atom is -0.341 e. The third kappa shape index (κ3) is 3.69. The topological polar surface area (TPSA) is 122 Å². The van der Waals surface area contributed by atoms with E-state index in [4.69, 9.17) is 4.52 Å². The number of nitrogens with zero attached hydrogens (tertiary/aromatic N) is 6. The van der Waals surface area contributed by atoms with Crippen molar-refractivity contribution in [3.8, 4) is 11.5 Å². The molecule has 0 N–H and O–H groups in total. The molecule has 1 amide bonds. The van der Waals surface area contributed by atoms with Crippen LogP contribution in [0.5, 0.6) is 0 Å². The van der Waals surface area contributed by atoms with Crippen LogP contribution in [0.15, 0.2) is 23.1 Å². The van der Waals surface area contributed by atoms with E-state index < -0.39 is 10.0 Å². The van der Waals surface area contributed by atoms with Crippen molar-refractivity contribution in [2.45, 2.75) is 18.8 Å². The van der Waals surface area contributed by atoms with Crippen molar-refractivity contribution in [3.05, 3.63) is 24.5 Å². The molecule has 2 aromatic heterocycles. The molecule has 27 heavy (non-hydrogen) atoms. The summed E-state index contributed by atoms with van der Waals surface area (Å²) in [6.07, 6.45) is 7.02. The molecule has 0 saturated carbocycles. The van der Waals surface area contributed by atoms with Crippen LogP contribution in [0.2, 0.25) is 0 Å². The third-order valence-corrected chi connectivity index (χ3v) is 6.35. The van der Waals surface area contributed by atoms with Crippen molar-refractivity contribution in [1.29, 1.82) is 0 Å². The van der Waals surface area contributed by atoms with Crippen molar-refractivity contribution in [3.63, 3.8) is 0 Å². The van der Waals surface area contributed by atoms with Gasteiger partial charge in [-0.15, -0.1) is 0 Å². The molecular weight excluding hydrogens is 372 g/mol. The Morgan fingerprint density at radius 3 is 2.59 bits per heavy atom. The van der Waals surface area contributed by atoms with Gasteiger partial charge in [-0.3, -0.25) is 9.78 Å². The molecule has 2 aliphatic heterocycles. The van der Waals surface area contributed by atoms with E-state index in [1.54, 1.807) is 23.5 Å². The second kappa shape index (κ2) is 6.97. The smallest absolute Gasteiger partial charge is 0.233 e. The molecule has 2 aliphatic rings. The fourth-order valence-electron chi connectivity index (χ4n) is 3.43. The molecule has 0 unspecified atom stereocenters. The Kier molecular flexibility index (Phi) is 4.64. The number of piperidine rings is 1. The number of hydrogen-bond donors (Lipinski definition) is 0. The minimum atomic E-state index is -3.18. The largest absolute Gasteiger partial charge is 0.341 e. The standard InChI is InChI=1S/C16H20N6O4S/c1-27(24,25)22-6-2-11(3-7-22)16(23)21-9-12(10-21)15-19-14(20-26-15)13-8-17-4-5-18-13/h4-5,8,11-12H,2-3,6-7,9-10H2,1H3. The number of carbonyl (C=O) groups excluding carboxylic acids is 1. The lowest BCUT2D eigenvalue weighted by Crippen LogP contribution is -2.52. The number of sulfonamides is 1. The SMILES string of the molecule is CS(=O)(=O)N1CCC(C(=O)N2CC(c3nc(-c4cnccn4)no3)C2)CC1. The molecule has 0 radical (unpaired) electrons. The molecule has 10 nitrogen and oxygen atoms in total. The van der Waals surface area contributed by atoms with Crippen molar-refractivity contribution in [2.24, 2.45) is 5.92 Å². The number of aromatic nitrogens is 4. The van der Waals surface area contributed by atoms with Crippen LogP contribution in [0.3, 0.4) is 0 Å². The maximum atomic E-state index is 12.6. The van der Waals surface area contributed by atoms with Crippen LogP contribution >= 0.6 is 0 Å². The maximum Gasteiger partial charge on any atom is 0.233 e. The van der Waals surface area contributed by atoms with E-state index in [2.05, 4.69) is 20.1 Å². The summed E-state index contributed by atoms with van der Waals surface area (Å²) in [6, 6.07) is 0. The van der Waals surface area contributed by atoms with Gasteiger partial charge in [-0.1, -0.05) is 5.16 Å². The van der Waals surface area contributed by atoms with Gasteiger partial charge in [0.05, 0.1) is 18.4 Å². The molecule has 4 rings (SSSR count). The molecule has 11 heteroatoms. The molecule has 0 aromatic carbocycles. The number of carbonyl (C=O) groups is 1. The monoisotopic (exact) mass is 392 g/mol. The van der Waals surface area contributed by atoms with Gasteiger partial charge in [0.25, 0.3) is 0 Å². The van der Waals surface area contributed by atoms with Crippen molar-refractivity contribution >= 4 is 15.9 Å². The van der Waals surface area contributed by atoms with Crippen molar-refractivity contribution < 1.29 is 17.7 Å². The quantitative estimate of drug-likeness (QED) is 0.719. The molecule has 0 aliphatic carbocycles. The third-order valence-electron chi connectivity index (χ3n) is 5.05. The predicted molar refractivity (Wildman–Crippen MR) is 93.8 cm³/mol. The Morgan fingerprint density at radius 2 is 1.96 bits per heavy atom. The zero-order chi connectivity index (χ0) is 19.0. The molecule has 2 aromatic rings. The summed E-state index contributed by atoms with van der Waals surface area (Å²) in [5.74, 6) is 0.848. The zero-order valence-corrected chi connectivity index (χ0v) is 15.7. The van der Waals surface area contributed by atoms with Crippen LogP contribution < -0.4 is 0 Å². The average Bonchev–Trinajstić information content (AvgIpc) is 3.10. The fraction of sp³-hybridized carbons (Fsp3) is 0.562. The van der Waals surface area contributed by atoms with Crippen LogP contribution in [-0.4, -0.2) is 76.1 Å². The van der Waals surface area contributed by atoms with E-state index in [1.165, 1.54) is 10.6 Å². The van der Waals surface area contributed by atoms with E-state index in [-0.39, 0.29) is 17.7 Å². The van der Waals surface area contributed by atoms with Crippen LogP contribution in [0, 0.1) is 5.92 Å². The number of likely N-dealkylation sites (tertiary alicyclic amines) is 1. The van der Waals surface area contributed by atoms with Gasteiger partial charge < -0.3 is 9.42 Å². The average molecular weight is 392 g/mol. The molecule has 2 fully saturated rings. The lowest BCUT2D eigenvalue weighted by atomic mass is 9.92. The van der Waals surface area contributed by atoms with E-state index in [0.717, 1.165) is 0 Å². The van der Waals surface area contributed by atoms with Gasteiger partial charge in [-0.2, -0.15) is 4.98 Å². The summed E-state index contributed by atoms with van der Waals surface area (Å²) < 4.78 is 29.9. The Balaban J connectivity index is 1.31. The summed E-state index contributed by atoms with van der Waals surface area (Å²) >= 11 is 0. The maximum absolute atomic E-state index is 12.6. The molecule has 4 heterocycles. The van der Waals surface area contributed by atoms with Gasteiger partial charge in [0.2, 0.25) is 27.6 Å². The highest BCUT2D eigenvalue weighted by molar-refractivity contribution is 7.88. The highest BCUT2D eigenvalue weighted by Gasteiger charge is 2.39. The Morgan fingerprint density at radius 1 is 1.22 bits per heavy atom. The van der Waals surface area contributed by atoms with Gasteiger partial charge in [-0.05, 0) is 12.8 Å². The van der Waals surface area contributed by atoms with Crippen LogP contribution in [-0.2, 0) is 14.8 Å². The van der Waals surface area contributed by atoms with Crippen LogP contribution in [0.25, 0.3) is 11.5 Å². The van der Waals surface area contributed by atoms with Gasteiger partial charge in [0.15, 0.2) is 0 Å². The second-order valence-electron chi connectivity index (χ2n) is 6.92. The number of hydrogen-bond acceptors (Lipinski definition) is 8. The lowest BCUT2D eigenvalue weighted by molar-refractivity contribution is -0.141. The van der Waals surface area contributed by atoms with Gasteiger partial charge in [0, 0.05) is 44.5 Å². The summed E-state index contributed by atoms with van der Waals surface area (Å²) in [6.45, 7) is 1.87. The highest BCUT2D eigenvalue weighted by Crippen LogP contribution is 2.30. The molecule has 0 atom stereocenters. The van der Waals surface area contributed by atoms with E-state index in [0.29, 0.717) is 56.4 Å². The lowest BCUT2D eigenvalue weighted by Gasteiger charge is -2.40. The number of amides is 1. The number of rotatable bonds is 4. The molecule has 0 bridgehead atoms. The predicted octanol–water partition coefficient (Wildman–Crippen LogP) is 0.124. The fourth-order valence-corrected chi connectivity index (χ4v) is 4.30. The molecule has 0 spiro atoms. The van der Waals surface area contributed by atoms with Gasteiger partial charge >= 0.3 is 0 Å². The van der Waals surface area contributed by atoms with E-state index >= 15 is 0 Å². The van der Waals surface area contributed by atoms with Crippen molar-refractivity contribution in [2.75, 3.05) is 32.4 Å². The zero-order valence-electron chi connectivity index (χ0n) is 14.9.